The lowest BCUT2D eigenvalue weighted by Crippen LogP contribution is -2.51. The molecule has 7 heteroatoms. The topological polar surface area (TPSA) is 29.5 Å². The van der Waals surface area contributed by atoms with Crippen LogP contribution in [-0.4, -0.2) is 48.5 Å². The minimum atomic E-state index is -4.43. The maximum atomic E-state index is 12.7. The molecule has 128 valence electrons. The number of aryl methyl sites for hydroxylation is 2. The lowest BCUT2D eigenvalue weighted by molar-refractivity contribution is -0.236. The number of amides is 1. The third-order valence-corrected chi connectivity index (χ3v) is 4.55. The number of halogens is 3. The van der Waals surface area contributed by atoms with Gasteiger partial charge in [0.15, 0.2) is 6.10 Å². The van der Waals surface area contributed by atoms with Gasteiger partial charge in [0.1, 0.15) is 0 Å². The fourth-order valence-corrected chi connectivity index (χ4v) is 3.44. The molecule has 0 aromatic heterocycles. The van der Waals surface area contributed by atoms with E-state index in [4.69, 9.17) is 4.74 Å². The Morgan fingerprint density at radius 2 is 1.96 bits per heavy atom. The molecule has 1 aromatic rings. The van der Waals surface area contributed by atoms with Crippen LogP contribution in [-0.2, 0) is 15.3 Å². The molecule has 1 fully saturated rings. The minimum absolute atomic E-state index is 0.0718. The molecule has 23 heavy (non-hydrogen) atoms. The summed E-state index contributed by atoms with van der Waals surface area (Å²) in [6, 6.07) is 6.18. The third-order valence-electron chi connectivity index (χ3n) is 3.56. The highest BCUT2D eigenvalue weighted by molar-refractivity contribution is 7.99. The van der Waals surface area contributed by atoms with Crippen LogP contribution in [0.3, 0.4) is 0 Å². The summed E-state index contributed by atoms with van der Waals surface area (Å²) in [7, 11) is 0. The van der Waals surface area contributed by atoms with E-state index < -0.39 is 18.8 Å². The highest BCUT2D eigenvalue weighted by Crippen LogP contribution is 2.26. The van der Waals surface area contributed by atoms with Gasteiger partial charge < -0.3 is 9.64 Å². The fraction of sp³-hybridized carbons (Fsp3) is 0.562. The number of thioether (sulfide) groups is 1. The van der Waals surface area contributed by atoms with Crippen molar-refractivity contribution >= 4 is 17.7 Å². The average molecular weight is 347 g/mol. The van der Waals surface area contributed by atoms with Crippen molar-refractivity contribution in [1.82, 2.24) is 4.90 Å². The van der Waals surface area contributed by atoms with Crippen molar-refractivity contribution < 1.29 is 22.7 Å². The van der Waals surface area contributed by atoms with E-state index in [9.17, 15) is 18.0 Å². The largest absolute Gasteiger partial charge is 0.416 e. The van der Waals surface area contributed by atoms with Crippen molar-refractivity contribution in [3.63, 3.8) is 0 Å². The number of nitrogens with zero attached hydrogens (tertiary/aromatic N) is 1. The van der Waals surface area contributed by atoms with Gasteiger partial charge in [-0.1, -0.05) is 29.3 Å². The average Bonchev–Trinajstić information content (AvgIpc) is 2.45. The highest BCUT2D eigenvalue weighted by atomic mass is 32.2. The van der Waals surface area contributed by atoms with Crippen LogP contribution in [0.4, 0.5) is 13.2 Å². The molecule has 2 rings (SSSR count). The molecular formula is C16H20F3NO2S. The van der Waals surface area contributed by atoms with Gasteiger partial charge in [0.2, 0.25) is 5.91 Å². The van der Waals surface area contributed by atoms with E-state index in [2.05, 4.69) is 18.2 Å². The predicted octanol–water partition coefficient (Wildman–Crippen LogP) is 3.33. The fourth-order valence-electron chi connectivity index (χ4n) is 2.57. The summed E-state index contributed by atoms with van der Waals surface area (Å²) in [6.45, 7) is 3.76. The maximum Gasteiger partial charge on any atom is 0.416 e. The second-order valence-electron chi connectivity index (χ2n) is 5.73. The first-order chi connectivity index (χ1) is 10.8. The van der Waals surface area contributed by atoms with Crippen molar-refractivity contribution in [3.05, 3.63) is 34.9 Å². The normalized spacial score (nSPS) is 19.0. The number of carbonyl (C=O) groups is 1. The first-order valence-electron chi connectivity index (χ1n) is 7.36. The summed E-state index contributed by atoms with van der Waals surface area (Å²) in [6.07, 6.45) is -6.30. The van der Waals surface area contributed by atoms with Crippen LogP contribution in [0, 0.1) is 13.8 Å². The van der Waals surface area contributed by atoms with Gasteiger partial charge in [-0.15, -0.1) is 11.8 Å². The summed E-state index contributed by atoms with van der Waals surface area (Å²) in [5, 5.41) is 0. The van der Waals surface area contributed by atoms with Crippen molar-refractivity contribution in [2.75, 3.05) is 25.4 Å². The second kappa shape index (κ2) is 7.57. The second-order valence-corrected chi connectivity index (χ2v) is 6.72. The zero-order valence-electron chi connectivity index (χ0n) is 13.2. The molecular weight excluding hydrogens is 327 g/mol. The van der Waals surface area contributed by atoms with Gasteiger partial charge in [-0.05, 0) is 19.4 Å². The van der Waals surface area contributed by atoms with Crippen molar-refractivity contribution in [2.24, 2.45) is 0 Å². The van der Waals surface area contributed by atoms with Crippen molar-refractivity contribution in [3.8, 4) is 0 Å². The number of hydrogen-bond donors (Lipinski definition) is 0. The van der Waals surface area contributed by atoms with E-state index in [1.807, 2.05) is 13.8 Å². The standard InChI is InChI=1S/C16H20F3NO2S/c1-11-5-12(2)7-13(6-11)9-23-10-15(21)20-3-4-22-14(8-20)16(17,18)19/h5-7,14H,3-4,8-10H2,1-2H3. The van der Waals surface area contributed by atoms with Gasteiger partial charge in [-0.3, -0.25) is 4.79 Å². The number of hydrogen-bond acceptors (Lipinski definition) is 3. The molecule has 0 radical (unpaired) electrons. The van der Waals surface area contributed by atoms with Crippen molar-refractivity contribution in [2.45, 2.75) is 31.9 Å². The van der Waals surface area contributed by atoms with Crippen LogP contribution in [0.5, 0.6) is 0 Å². The lowest BCUT2D eigenvalue weighted by Gasteiger charge is -2.33. The molecule has 0 aliphatic carbocycles. The summed E-state index contributed by atoms with van der Waals surface area (Å²) in [4.78, 5) is 13.3. The van der Waals surface area contributed by atoms with E-state index in [-0.39, 0.29) is 24.8 Å². The van der Waals surface area contributed by atoms with Crippen molar-refractivity contribution in [1.29, 1.82) is 0 Å². The summed E-state index contributed by atoms with van der Waals surface area (Å²) in [5.74, 6) is 0.579. The molecule has 0 bridgehead atoms. The molecule has 1 unspecified atom stereocenters. The van der Waals surface area contributed by atoms with E-state index in [1.54, 1.807) is 0 Å². The Morgan fingerprint density at radius 3 is 2.57 bits per heavy atom. The number of carbonyl (C=O) groups excluding carboxylic acids is 1. The molecule has 1 heterocycles. The first kappa shape index (κ1) is 18.1. The molecule has 0 N–H and O–H groups in total. The SMILES string of the molecule is Cc1cc(C)cc(CSCC(=O)N2CCOC(C(F)(F)F)C2)c1. The van der Waals surface area contributed by atoms with E-state index in [0.717, 1.165) is 16.7 Å². The predicted molar refractivity (Wildman–Crippen MR) is 84.5 cm³/mol. The Morgan fingerprint density at radius 1 is 1.30 bits per heavy atom. The molecule has 0 spiro atoms. The van der Waals surface area contributed by atoms with Crippen LogP contribution >= 0.6 is 11.8 Å². The molecule has 3 nitrogen and oxygen atoms in total. The quantitative estimate of drug-likeness (QED) is 0.837. The van der Waals surface area contributed by atoms with Crippen LogP contribution < -0.4 is 0 Å². The third kappa shape index (κ3) is 5.42. The molecule has 0 saturated carbocycles. The number of ether oxygens (including phenoxy) is 1. The van der Waals surface area contributed by atoms with Crippen LogP contribution in [0.25, 0.3) is 0 Å². The van der Waals surface area contributed by atoms with E-state index >= 15 is 0 Å². The van der Waals surface area contributed by atoms with Crippen LogP contribution in [0.1, 0.15) is 16.7 Å². The zero-order valence-corrected chi connectivity index (χ0v) is 14.0. The Balaban J connectivity index is 1.82. The number of rotatable bonds is 4. The zero-order chi connectivity index (χ0) is 17.0. The van der Waals surface area contributed by atoms with Gasteiger partial charge in [0, 0.05) is 12.3 Å². The van der Waals surface area contributed by atoms with Gasteiger partial charge in [0.05, 0.1) is 18.9 Å². The smallest absolute Gasteiger partial charge is 0.365 e. The van der Waals surface area contributed by atoms with E-state index in [0.29, 0.717) is 5.75 Å². The maximum absolute atomic E-state index is 12.7. The Kier molecular flexibility index (Phi) is 5.97. The molecule has 1 aliphatic heterocycles. The summed E-state index contributed by atoms with van der Waals surface area (Å²) in [5.41, 5.74) is 3.44. The molecule has 1 saturated heterocycles. The monoisotopic (exact) mass is 347 g/mol. The van der Waals surface area contributed by atoms with Crippen LogP contribution in [0.15, 0.2) is 18.2 Å². The first-order valence-corrected chi connectivity index (χ1v) is 8.52. The van der Waals surface area contributed by atoms with Gasteiger partial charge in [-0.2, -0.15) is 13.2 Å². The number of morpholine rings is 1. The van der Waals surface area contributed by atoms with Crippen LogP contribution in [0.2, 0.25) is 0 Å². The van der Waals surface area contributed by atoms with Gasteiger partial charge in [-0.25, -0.2) is 0 Å². The Bertz CT molecular complexity index is 542. The highest BCUT2D eigenvalue weighted by Gasteiger charge is 2.44. The minimum Gasteiger partial charge on any atom is -0.365 e. The van der Waals surface area contributed by atoms with Gasteiger partial charge in [0.25, 0.3) is 0 Å². The Labute approximate surface area is 138 Å². The summed E-state index contributed by atoms with van der Waals surface area (Å²) >= 11 is 1.42. The Hall–Kier alpha value is -1.21. The molecule has 1 aliphatic rings. The van der Waals surface area contributed by atoms with E-state index in [1.165, 1.54) is 16.7 Å². The molecule has 1 amide bonds. The number of alkyl halides is 3. The number of benzene rings is 1. The molecule has 1 atom stereocenters. The van der Waals surface area contributed by atoms with Gasteiger partial charge >= 0.3 is 6.18 Å². The molecule has 1 aromatic carbocycles. The summed E-state index contributed by atoms with van der Waals surface area (Å²) < 4.78 is 42.7. The lowest BCUT2D eigenvalue weighted by atomic mass is 10.1.